The number of methoxy groups -OCH3 is 1. The highest BCUT2D eigenvalue weighted by Crippen LogP contribution is 2.37. The molecular formula is C18H20F2O. The van der Waals surface area contributed by atoms with Crippen LogP contribution in [0.25, 0.3) is 11.1 Å². The Balaban J connectivity index is 2.70. The number of benzene rings is 2. The first-order valence-electron chi connectivity index (χ1n) is 7.01. The van der Waals surface area contributed by atoms with Crippen molar-refractivity contribution in [2.75, 3.05) is 7.11 Å². The number of rotatable bonds is 4. The summed E-state index contributed by atoms with van der Waals surface area (Å²) in [5, 5.41) is 0. The van der Waals surface area contributed by atoms with Crippen molar-refractivity contribution in [3.05, 3.63) is 52.8 Å². The molecule has 0 aliphatic rings. The quantitative estimate of drug-likeness (QED) is 0.732. The second-order valence-corrected chi connectivity index (χ2v) is 5.52. The van der Waals surface area contributed by atoms with Crippen LogP contribution in [0.5, 0.6) is 5.75 Å². The summed E-state index contributed by atoms with van der Waals surface area (Å²) in [6, 6.07) is 8.75. The Morgan fingerprint density at radius 2 is 1.81 bits per heavy atom. The summed E-state index contributed by atoms with van der Waals surface area (Å²) in [6.07, 6.45) is 0. The second kappa shape index (κ2) is 6.25. The van der Waals surface area contributed by atoms with Crippen molar-refractivity contribution in [1.29, 1.82) is 0 Å². The molecule has 0 aliphatic heterocycles. The normalized spacial score (nSPS) is 11.0. The molecule has 3 heteroatoms. The molecule has 0 fully saturated rings. The zero-order valence-corrected chi connectivity index (χ0v) is 12.8. The Morgan fingerprint density at radius 1 is 1.10 bits per heavy atom. The maximum absolute atomic E-state index is 14.1. The highest BCUT2D eigenvalue weighted by Gasteiger charge is 2.16. The van der Waals surface area contributed by atoms with E-state index in [1.54, 1.807) is 6.07 Å². The minimum atomic E-state index is -0.561. The first-order valence-corrected chi connectivity index (χ1v) is 7.01. The average Bonchev–Trinajstić information content (AvgIpc) is 2.46. The molecule has 0 heterocycles. The topological polar surface area (TPSA) is 9.23 Å². The lowest BCUT2D eigenvalue weighted by molar-refractivity contribution is 0.412. The van der Waals surface area contributed by atoms with Gasteiger partial charge in [0, 0.05) is 11.6 Å². The molecule has 0 spiro atoms. The van der Waals surface area contributed by atoms with Crippen molar-refractivity contribution in [2.24, 2.45) is 0 Å². The molecule has 0 saturated carbocycles. The third-order valence-electron chi connectivity index (χ3n) is 3.64. The molecule has 0 aromatic heterocycles. The van der Waals surface area contributed by atoms with Crippen molar-refractivity contribution in [3.8, 4) is 16.9 Å². The molecule has 0 atom stereocenters. The third-order valence-corrected chi connectivity index (χ3v) is 3.64. The van der Waals surface area contributed by atoms with E-state index in [0.717, 1.165) is 16.7 Å². The largest absolute Gasteiger partial charge is 0.496 e. The predicted molar refractivity (Wildman–Crippen MR) is 82.0 cm³/mol. The monoisotopic (exact) mass is 290 g/mol. The van der Waals surface area contributed by atoms with E-state index >= 15 is 0 Å². The molecule has 21 heavy (non-hydrogen) atoms. The fourth-order valence-electron chi connectivity index (χ4n) is 2.49. The van der Waals surface area contributed by atoms with E-state index in [-0.39, 0.29) is 11.7 Å². The Kier molecular flexibility index (Phi) is 4.61. The summed E-state index contributed by atoms with van der Waals surface area (Å²) in [5.41, 5.74) is 3.68. The molecule has 112 valence electrons. The summed E-state index contributed by atoms with van der Waals surface area (Å²) < 4.78 is 32.7. The van der Waals surface area contributed by atoms with Crippen molar-refractivity contribution >= 4 is 0 Å². The molecule has 0 amide bonds. The fourth-order valence-corrected chi connectivity index (χ4v) is 2.49. The summed E-state index contributed by atoms with van der Waals surface area (Å²) in [7, 11) is 1.50. The fraction of sp³-hybridized carbons (Fsp3) is 0.333. The van der Waals surface area contributed by atoms with E-state index in [4.69, 9.17) is 4.74 Å². The van der Waals surface area contributed by atoms with Crippen LogP contribution in [0, 0.1) is 12.7 Å². The van der Waals surface area contributed by atoms with Gasteiger partial charge >= 0.3 is 0 Å². The maximum atomic E-state index is 14.1. The van der Waals surface area contributed by atoms with Crippen LogP contribution in [0.2, 0.25) is 0 Å². The van der Waals surface area contributed by atoms with E-state index < -0.39 is 6.67 Å². The van der Waals surface area contributed by atoms with Gasteiger partial charge in [-0.25, -0.2) is 8.78 Å². The van der Waals surface area contributed by atoms with E-state index in [0.29, 0.717) is 16.9 Å². The minimum absolute atomic E-state index is 0.0499. The summed E-state index contributed by atoms with van der Waals surface area (Å²) in [4.78, 5) is 0. The van der Waals surface area contributed by atoms with Gasteiger partial charge in [0.2, 0.25) is 0 Å². The lowest BCUT2D eigenvalue weighted by Gasteiger charge is -2.16. The number of hydrogen-bond donors (Lipinski definition) is 0. The van der Waals surface area contributed by atoms with Crippen molar-refractivity contribution in [2.45, 2.75) is 33.4 Å². The van der Waals surface area contributed by atoms with Crippen LogP contribution in [-0.2, 0) is 6.67 Å². The summed E-state index contributed by atoms with van der Waals surface area (Å²) >= 11 is 0. The van der Waals surface area contributed by atoms with Gasteiger partial charge in [-0.1, -0.05) is 37.6 Å². The van der Waals surface area contributed by atoms with Gasteiger partial charge in [-0.05, 0) is 35.6 Å². The molecule has 0 radical (unpaired) electrons. The smallest absolute Gasteiger partial charge is 0.130 e. The number of halogens is 2. The first kappa shape index (κ1) is 15.5. The molecule has 0 bridgehead atoms. The Bertz CT molecular complexity index is 648. The van der Waals surface area contributed by atoms with Gasteiger partial charge in [0.25, 0.3) is 0 Å². The Hall–Kier alpha value is -1.90. The van der Waals surface area contributed by atoms with Crippen LogP contribution in [0.15, 0.2) is 30.3 Å². The van der Waals surface area contributed by atoms with Crippen LogP contribution < -0.4 is 4.74 Å². The molecule has 0 unspecified atom stereocenters. The van der Waals surface area contributed by atoms with Gasteiger partial charge in [0.05, 0.1) is 7.11 Å². The SMILES string of the molecule is COc1cc(F)c(C(C)C)cc1-c1ccc(C)cc1CF. The molecule has 2 aromatic rings. The van der Waals surface area contributed by atoms with E-state index in [1.165, 1.54) is 13.2 Å². The Morgan fingerprint density at radius 3 is 2.38 bits per heavy atom. The van der Waals surface area contributed by atoms with Crippen LogP contribution >= 0.6 is 0 Å². The highest BCUT2D eigenvalue weighted by molar-refractivity contribution is 5.74. The first-order chi connectivity index (χ1) is 9.97. The van der Waals surface area contributed by atoms with Crippen LogP contribution in [0.4, 0.5) is 8.78 Å². The molecule has 0 saturated heterocycles. The molecule has 0 aliphatic carbocycles. The van der Waals surface area contributed by atoms with Crippen molar-refractivity contribution in [3.63, 3.8) is 0 Å². The van der Waals surface area contributed by atoms with Crippen LogP contribution in [-0.4, -0.2) is 7.11 Å². The average molecular weight is 290 g/mol. The van der Waals surface area contributed by atoms with Gasteiger partial charge in [-0.15, -0.1) is 0 Å². The summed E-state index contributed by atoms with van der Waals surface area (Å²) in [6.45, 7) is 5.22. The molecule has 0 N–H and O–H groups in total. The molecular weight excluding hydrogens is 270 g/mol. The molecule has 1 nitrogen and oxygen atoms in total. The van der Waals surface area contributed by atoms with E-state index in [2.05, 4.69) is 0 Å². The van der Waals surface area contributed by atoms with E-state index in [1.807, 2.05) is 39.0 Å². The third kappa shape index (κ3) is 3.07. The molecule has 2 aromatic carbocycles. The van der Waals surface area contributed by atoms with E-state index in [9.17, 15) is 8.78 Å². The summed E-state index contributed by atoms with van der Waals surface area (Å²) in [5.74, 6) is 0.184. The lowest BCUT2D eigenvalue weighted by atomic mass is 9.93. The standard InChI is InChI=1S/C18H20F2O/c1-11(2)15-8-16(18(21-4)9-17(15)20)14-6-5-12(3)7-13(14)10-19/h5-9,11H,10H2,1-4H3. The zero-order chi connectivity index (χ0) is 15.6. The number of aryl methyl sites for hydroxylation is 1. The zero-order valence-electron chi connectivity index (χ0n) is 12.8. The maximum Gasteiger partial charge on any atom is 0.130 e. The van der Waals surface area contributed by atoms with Gasteiger partial charge in [-0.3, -0.25) is 0 Å². The molecule has 2 rings (SSSR count). The number of alkyl halides is 1. The van der Waals surface area contributed by atoms with Crippen molar-refractivity contribution < 1.29 is 13.5 Å². The van der Waals surface area contributed by atoms with Gasteiger partial charge in [0.15, 0.2) is 0 Å². The van der Waals surface area contributed by atoms with Gasteiger partial charge < -0.3 is 4.74 Å². The van der Waals surface area contributed by atoms with Crippen molar-refractivity contribution in [1.82, 2.24) is 0 Å². The van der Waals surface area contributed by atoms with Crippen LogP contribution in [0.1, 0.15) is 36.5 Å². The highest BCUT2D eigenvalue weighted by atomic mass is 19.1. The van der Waals surface area contributed by atoms with Gasteiger partial charge in [-0.2, -0.15) is 0 Å². The lowest BCUT2D eigenvalue weighted by Crippen LogP contribution is -1.99. The van der Waals surface area contributed by atoms with Crippen LogP contribution in [0.3, 0.4) is 0 Å². The van der Waals surface area contributed by atoms with Gasteiger partial charge in [0.1, 0.15) is 18.2 Å². The second-order valence-electron chi connectivity index (χ2n) is 5.52. The Labute approximate surface area is 124 Å². The number of ether oxygens (including phenoxy) is 1. The number of hydrogen-bond acceptors (Lipinski definition) is 1. The minimum Gasteiger partial charge on any atom is -0.496 e. The predicted octanol–water partition coefficient (Wildman–Crippen LogP) is 5.40.